The van der Waals surface area contributed by atoms with E-state index in [1.165, 1.54) is 18.4 Å². The highest BCUT2D eigenvalue weighted by Gasteiger charge is 2.28. The second kappa shape index (κ2) is 11.3. The Morgan fingerprint density at radius 1 is 0.972 bits per heavy atom. The van der Waals surface area contributed by atoms with Crippen LogP contribution in [0, 0.1) is 5.92 Å². The molecule has 0 bridgehead atoms. The van der Waals surface area contributed by atoms with E-state index in [4.69, 9.17) is 14.2 Å². The number of carbonyl (C=O) groups excluding carboxylic acids is 3. The van der Waals surface area contributed by atoms with E-state index in [1.807, 2.05) is 0 Å². The lowest BCUT2D eigenvalue weighted by Crippen LogP contribution is -2.21. The van der Waals surface area contributed by atoms with Crippen LogP contribution in [-0.2, 0) is 22.4 Å². The zero-order valence-corrected chi connectivity index (χ0v) is 21.2. The Kier molecular flexibility index (Phi) is 7.90. The molecule has 4 rings (SSSR count). The molecular formula is C27H28N2O6S. The third-order valence-corrected chi connectivity index (χ3v) is 7.16. The Balaban J connectivity index is 1.34. The van der Waals surface area contributed by atoms with Crippen LogP contribution in [0.1, 0.15) is 44.5 Å². The van der Waals surface area contributed by atoms with Crippen LogP contribution in [0.5, 0.6) is 11.5 Å². The number of hydrogen-bond donors (Lipinski definition) is 2. The minimum absolute atomic E-state index is 0.239. The van der Waals surface area contributed by atoms with Gasteiger partial charge in [-0.25, -0.2) is 4.79 Å². The summed E-state index contributed by atoms with van der Waals surface area (Å²) in [5.74, 6) is 0.590. The molecule has 0 radical (unpaired) electrons. The maximum Gasteiger partial charge on any atom is 0.341 e. The van der Waals surface area contributed by atoms with Gasteiger partial charge in [0.1, 0.15) is 16.5 Å². The van der Waals surface area contributed by atoms with Crippen molar-refractivity contribution in [3.63, 3.8) is 0 Å². The van der Waals surface area contributed by atoms with Crippen molar-refractivity contribution in [1.29, 1.82) is 0 Å². The zero-order chi connectivity index (χ0) is 25.7. The van der Waals surface area contributed by atoms with Crippen molar-refractivity contribution < 1.29 is 28.6 Å². The Labute approximate surface area is 213 Å². The maximum absolute atomic E-state index is 12.6. The lowest BCUT2D eigenvalue weighted by Gasteiger charge is -2.18. The van der Waals surface area contributed by atoms with Crippen molar-refractivity contribution in [1.82, 2.24) is 0 Å². The fourth-order valence-corrected chi connectivity index (χ4v) is 5.46. The quantitative estimate of drug-likeness (QED) is 0.418. The smallest absolute Gasteiger partial charge is 0.341 e. The number of fused-ring (bicyclic) bond motifs is 1. The SMILES string of the molecule is COC(=O)c1c(NC(=O)COc2ccc(C(=O)Nc3ccc(OC)cc3)cc2)sc2c1CCC(C)C2. The second-order valence-electron chi connectivity index (χ2n) is 8.59. The van der Waals surface area contributed by atoms with Gasteiger partial charge in [-0.2, -0.15) is 0 Å². The number of amides is 2. The summed E-state index contributed by atoms with van der Waals surface area (Å²) in [7, 11) is 2.92. The number of nitrogens with one attached hydrogen (secondary N) is 2. The van der Waals surface area contributed by atoms with Gasteiger partial charge in [0.25, 0.3) is 11.8 Å². The number of hydrogen-bond acceptors (Lipinski definition) is 7. The summed E-state index contributed by atoms with van der Waals surface area (Å²) < 4.78 is 15.7. The van der Waals surface area contributed by atoms with Gasteiger partial charge in [-0.3, -0.25) is 9.59 Å². The lowest BCUT2D eigenvalue weighted by molar-refractivity contribution is -0.118. The Hall–Kier alpha value is -3.85. The predicted octanol–water partition coefficient (Wildman–Crippen LogP) is 4.94. The molecule has 1 aromatic heterocycles. The van der Waals surface area contributed by atoms with E-state index in [0.717, 1.165) is 29.7 Å². The number of esters is 1. The van der Waals surface area contributed by atoms with E-state index in [1.54, 1.807) is 55.6 Å². The topological polar surface area (TPSA) is 103 Å². The molecule has 1 atom stereocenters. The second-order valence-corrected chi connectivity index (χ2v) is 9.70. The monoisotopic (exact) mass is 508 g/mol. The Morgan fingerprint density at radius 2 is 1.67 bits per heavy atom. The fourth-order valence-electron chi connectivity index (χ4n) is 4.05. The van der Waals surface area contributed by atoms with Crippen molar-refractivity contribution in [3.05, 3.63) is 70.1 Å². The summed E-state index contributed by atoms with van der Waals surface area (Å²) in [6.45, 7) is 1.94. The van der Waals surface area contributed by atoms with Crippen molar-refractivity contribution in [2.45, 2.75) is 26.2 Å². The molecule has 9 heteroatoms. The highest BCUT2D eigenvalue weighted by molar-refractivity contribution is 7.17. The number of rotatable bonds is 8. The normalized spacial score (nSPS) is 14.4. The summed E-state index contributed by atoms with van der Waals surface area (Å²) in [6.07, 6.45) is 2.68. The van der Waals surface area contributed by atoms with Gasteiger partial charge < -0.3 is 24.8 Å². The minimum atomic E-state index is -0.443. The number of ether oxygens (including phenoxy) is 3. The molecule has 0 spiro atoms. The molecule has 1 aliphatic carbocycles. The first-order chi connectivity index (χ1) is 17.4. The number of carbonyl (C=O) groups is 3. The Bertz CT molecular complexity index is 1250. The van der Waals surface area contributed by atoms with Gasteiger partial charge in [0.2, 0.25) is 0 Å². The Morgan fingerprint density at radius 3 is 2.33 bits per heavy atom. The molecule has 2 amide bonds. The van der Waals surface area contributed by atoms with E-state index in [0.29, 0.717) is 39.2 Å². The number of methoxy groups -OCH3 is 2. The summed E-state index contributed by atoms with van der Waals surface area (Å²) in [4.78, 5) is 38.6. The van der Waals surface area contributed by atoms with Gasteiger partial charge in [-0.1, -0.05) is 6.92 Å². The lowest BCUT2D eigenvalue weighted by atomic mass is 9.88. The van der Waals surface area contributed by atoms with Crippen LogP contribution in [0.3, 0.4) is 0 Å². The number of anilines is 2. The molecule has 188 valence electrons. The maximum atomic E-state index is 12.6. The third kappa shape index (κ3) is 5.85. The first-order valence-corrected chi connectivity index (χ1v) is 12.4. The molecule has 1 unspecified atom stereocenters. The van der Waals surface area contributed by atoms with E-state index < -0.39 is 5.97 Å². The van der Waals surface area contributed by atoms with Gasteiger partial charge in [-0.15, -0.1) is 11.3 Å². The van der Waals surface area contributed by atoms with E-state index in [2.05, 4.69) is 17.6 Å². The molecule has 0 saturated heterocycles. The highest BCUT2D eigenvalue weighted by Crippen LogP contribution is 2.40. The summed E-state index contributed by atoms with van der Waals surface area (Å²) in [6, 6.07) is 13.5. The molecule has 0 fully saturated rings. The van der Waals surface area contributed by atoms with Crippen LogP contribution in [0.25, 0.3) is 0 Å². The summed E-state index contributed by atoms with van der Waals surface area (Å²) >= 11 is 1.43. The number of benzene rings is 2. The summed E-state index contributed by atoms with van der Waals surface area (Å²) in [5, 5.41) is 6.13. The molecule has 2 N–H and O–H groups in total. The first kappa shape index (κ1) is 25.2. The van der Waals surface area contributed by atoms with Gasteiger partial charge in [-0.05, 0) is 79.3 Å². The van der Waals surface area contributed by atoms with Gasteiger partial charge in [0.05, 0.1) is 19.8 Å². The zero-order valence-electron chi connectivity index (χ0n) is 20.4. The van der Waals surface area contributed by atoms with Crippen LogP contribution in [0.15, 0.2) is 48.5 Å². The largest absolute Gasteiger partial charge is 0.497 e. The molecule has 2 aromatic carbocycles. The minimum Gasteiger partial charge on any atom is -0.497 e. The van der Waals surface area contributed by atoms with Gasteiger partial charge >= 0.3 is 5.97 Å². The van der Waals surface area contributed by atoms with Crippen LogP contribution in [0.2, 0.25) is 0 Å². The van der Waals surface area contributed by atoms with Crippen LogP contribution < -0.4 is 20.1 Å². The average molecular weight is 509 g/mol. The average Bonchev–Trinajstić information content (AvgIpc) is 3.24. The molecule has 0 saturated carbocycles. The van der Waals surface area contributed by atoms with E-state index in [9.17, 15) is 14.4 Å². The molecule has 1 heterocycles. The van der Waals surface area contributed by atoms with Crippen LogP contribution >= 0.6 is 11.3 Å². The molecular weight excluding hydrogens is 480 g/mol. The molecule has 1 aliphatic rings. The van der Waals surface area contributed by atoms with Crippen molar-refractivity contribution in [3.8, 4) is 11.5 Å². The van der Waals surface area contributed by atoms with E-state index in [-0.39, 0.29) is 18.4 Å². The fraction of sp³-hybridized carbons (Fsp3) is 0.296. The standard InChI is InChI=1S/C27H28N2O6S/c1-16-4-13-21-22(14-16)36-26(24(21)27(32)34-3)29-23(30)15-35-20-9-5-17(6-10-20)25(31)28-18-7-11-19(33-2)12-8-18/h5-12,16H,4,13-15H2,1-3H3,(H,28,31)(H,29,30). The third-order valence-electron chi connectivity index (χ3n) is 5.99. The van der Waals surface area contributed by atoms with E-state index >= 15 is 0 Å². The van der Waals surface area contributed by atoms with Crippen LogP contribution in [0.4, 0.5) is 10.7 Å². The molecule has 36 heavy (non-hydrogen) atoms. The predicted molar refractivity (Wildman–Crippen MR) is 138 cm³/mol. The highest BCUT2D eigenvalue weighted by atomic mass is 32.1. The number of thiophene rings is 1. The van der Waals surface area contributed by atoms with Crippen LogP contribution in [-0.4, -0.2) is 38.6 Å². The van der Waals surface area contributed by atoms with Crippen molar-refractivity contribution in [2.75, 3.05) is 31.5 Å². The van der Waals surface area contributed by atoms with Crippen molar-refractivity contribution in [2.24, 2.45) is 5.92 Å². The molecule has 8 nitrogen and oxygen atoms in total. The first-order valence-electron chi connectivity index (χ1n) is 11.6. The molecule has 0 aliphatic heterocycles. The molecule has 3 aromatic rings. The van der Waals surface area contributed by atoms with Gasteiger partial charge in [0.15, 0.2) is 6.61 Å². The van der Waals surface area contributed by atoms with Crippen molar-refractivity contribution >= 4 is 39.8 Å². The van der Waals surface area contributed by atoms with Gasteiger partial charge in [0, 0.05) is 16.1 Å². The summed E-state index contributed by atoms with van der Waals surface area (Å²) in [5.41, 5.74) is 2.52.